The van der Waals surface area contributed by atoms with E-state index < -0.39 is 0 Å². The van der Waals surface area contributed by atoms with Crippen molar-refractivity contribution in [2.75, 3.05) is 24.3 Å². The highest BCUT2D eigenvalue weighted by atomic mass is 16.5. The van der Waals surface area contributed by atoms with Crippen LogP contribution < -0.4 is 15.4 Å². The molecule has 0 radical (unpaired) electrons. The molecular weight excluding hydrogens is 388 g/mol. The molecule has 7 nitrogen and oxygen atoms in total. The van der Waals surface area contributed by atoms with Gasteiger partial charge in [0.1, 0.15) is 11.6 Å². The first-order chi connectivity index (χ1) is 15.3. The van der Waals surface area contributed by atoms with E-state index in [1.807, 2.05) is 24.4 Å². The Morgan fingerprint density at radius 2 is 1.94 bits per heavy atom. The van der Waals surface area contributed by atoms with Crippen LogP contribution in [-0.4, -0.2) is 33.6 Å². The van der Waals surface area contributed by atoms with Crippen molar-refractivity contribution in [3.63, 3.8) is 0 Å². The van der Waals surface area contributed by atoms with Crippen LogP contribution in [0.4, 0.5) is 11.8 Å². The molecule has 4 N–H and O–H groups in total. The zero-order valence-corrected chi connectivity index (χ0v) is 17.3. The summed E-state index contributed by atoms with van der Waals surface area (Å²) in [4.78, 5) is 15.4. The lowest BCUT2D eigenvalue weighted by Gasteiger charge is -2.09. The molecule has 0 saturated carbocycles. The van der Waals surface area contributed by atoms with Crippen LogP contribution in [0.15, 0.2) is 67.1 Å². The van der Waals surface area contributed by atoms with E-state index in [1.54, 1.807) is 13.3 Å². The summed E-state index contributed by atoms with van der Waals surface area (Å²) in [6, 6.07) is 16.4. The number of aromatic amines is 2. The number of hydrogen-bond acceptors (Lipinski definition) is 5. The highest BCUT2D eigenvalue weighted by molar-refractivity contribution is 5.84. The fourth-order valence-electron chi connectivity index (χ4n) is 3.76. The van der Waals surface area contributed by atoms with E-state index in [1.165, 1.54) is 21.9 Å². The van der Waals surface area contributed by atoms with Gasteiger partial charge in [-0.15, -0.1) is 0 Å². The molecule has 0 aliphatic rings. The smallest absolute Gasteiger partial charge is 0.224 e. The van der Waals surface area contributed by atoms with Crippen molar-refractivity contribution in [2.45, 2.75) is 13.0 Å². The topological polar surface area (TPSA) is 90.7 Å². The van der Waals surface area contributed by atoms with Crippen LogP contribution in [0, 0.1) is 0 Å². The molecule has 0 bridgehead atoms. The normalized spacial score (nSPS) is 11.1. The minimum Gasteiger partial charge on any atom is -0.497 e. The van der Waals surface area contributed by atoms with E-state index in [-0.39, 0.29) is 0 Å². The van der Waals surface area contributed by atoms with Crippen LogP contribution in [0.25, 0.3) is 21.8 Å². The Bertz CT molecular complexity index is 1320. The first-order valence-corrected chi connectivity index (χ1v) is 10.3. The maximum atomic E-state index is 5.29. The number of H-pyrrole nitrogens is 2. The summed E-state index contributed by atoms with van der Waals surface area (Å²) in [6.45, 7) is 1.45. The van der Waals surface area contributed by atoms with Gasteiger partial charge in [0, 0.05) is 54.2 Å². The Kier molecular flexibility index (Phi) is 5.14. The molecule has 3 heterocycles. The molecule has 0 atom stereocenters. The number of hydrogen-bond donors (Lipinski definition) is 4. The molecule has 31 heavy (non-hydrogen) atoms. The van der Waals surface area contributed by atoms with Crippen molar-refractivity contribution in [2.24, 2.45) is 0 Å². The van der Waals surface area contributed by atoms with Crippen LogP contribution in [0.3, 0.4) is 0 Å². The van der Waals surface area contributed by atoms with Gasteiger partial charge in [0.15, 0.2) is 0 Å². The number of ether oxygens (including phenoxy) is 1. The molecule has 3 aromatic heterocycles. The van der Waals surface area contributed by atoms with Crippen LogP contribution in [0.2, 0.25) is 0 Å². The highest BCUT2D eigenvalue weighted by Gasteiger charge is 2.06. The van der Waals surface area contributed by atoms with Gasteiger partial charge in [-0.1, -0.05) is 6.07 Å². The van der Waals surface area contributed by atoms with E-state index >= 15 is 0 Å². The second-order valence-corrected chi connectivity index (χ2v) is 7.42. The molecule has 7 heteroatoms. The Hall–Kier alpha value is -4.00. The second-order valence-electron chi connectivity index (χ2n) is 7.42. The summed E-state index contributed by atoms with van der Waals surface area (Å²) < 4.78 is 5.29. The fourth-order valence-corrected chi connectivity index (χ4v) is 3.76. The Balaban J connectivity index is 1.18. The largest absolute Gasteiger partial charge is 0.497 e. The maximum Gasteiger partial charge on any atom is 0.224 e. The third-order valence-corrected chi connectivity index (χ3v) is 5.40. The summed E-state index contributed by atoms with van der Waals surface area (Å²) in [6.07, 6.45) is 6.66. The number of aromatic nitrogens is 4. The molecule has 0 spiro atoms. The Labute approximate surface area is 179 Å². The first kappa shape index (κ1) is 19.0. The van der Waals surface area contributed by atoms with E-state index in [2.05, 4.69) is 67.1 Å². The SMILES string of the molecule is COc1ccc2c(CCNc3ccnc(NCc4ccc5[nH]ccc5c4)n3)c[nH]c2c1. The number of anilines is 2. The minimum absolute atomic E-state index is 0.610. The number of nitrogens with zero attached hydrogens (tertiary/aromatic N) is 2. The van der Waals surface area contributed by atoms with Gasteiger partial charge in [-0.05, 0) is 59.3 Å². The lowest BCUT2D eigenvalue weighted by atomic mass is 10.1. The monoisotopic (exact) mass is 412 g/mol. The number of benzene rings is 2. The summed E-state index contributed by atoms with van der Waals surface area (Å²) in [5, 5.41) is 9.12. The van der Waals surface area contributed by atoms with Gasteiger partial charge in [-0.25, -0.2) is 4.98 Å². The predicted molar refractivity (Wildman–Crippen MR) is 125 cm³/mol. The highest BCUT2D eigenvalue weighted by Crippen LogP contribution is 2.23. The van der Waals surface area contributed by atoms with E-state index in [0.717, 1.165) is 35.6 Å². The zero-order valence-electron chi connectivity index (χ0n) is 17.3. The molecule has 5 aromatic rings. The summed E-state index contributed by atoms with van der Waals surface area (Å²) in [7, 11) is 1.68. The number of nitrogens with one attached hydrogen (secondary N) is 4. The second kappa shape index (κ2) is 8.39. The van der Waals surface area contributed by atoms with Crippen LogP contribution >= 0.6 is 0 Å². The van der Waals surface area contributed by atoms with Crippen molar-refractivity contribution in [1.82, 2.24) is 19.9 Å². The molecule has 0 aliphatic carbocycles. The number of methoxy groups -OCH3 is 1. The quantitative estimate of drug-likeness (QED) is 0.296. The van der Waals surface area contributed by atoms with Gasteiger partial charge in [0.25, 0.3) is 0 Å². The maximum absolute atomic E-state index is 5.29. The average molecular weight is 412 g/mol. The molecular formula is C24H24N6O. The van der Waals surface area contributed by atoms with E-state index in [9.17, 15) is 0 Å². The molecule has 156 valence electrons. The van der Waals surface area contributed by atoms with Crippen LogP contribution in [-0.2, 0) is 13.0 Å². The van der Waals surface area contributed by atoms with Crippen molar-refractivity contribution in [1.29, 1.82) is 0 Å². The van der Waals surface area contributed by atoms with Crippen LogP contribution in [0.1, 0.15) is 11.1 Å². The third-order valence-electron chi connectivity index (χ3n) is 5.40. The summed E-state index contributed by atoms with van der Waals surface area (Å²) in [5.41, 5.74) is 4.67. The van der Waals surface area contributed by atoms with Gasteiger partial charge in [0.2, 0.25) is 5.95 Å². The standard InChI is InChI=1S/C24H24N6O/c1-31-19-3-4-20-18(15-28-22(20)13-19)7-10-26-23-8-11-27-24(30-23)29-14-16-2-5-21-17(12-16)6-9-25-21/h2-6,8-9,11-13,15,25,28H,7,10,14H2,1H3,(H2,26,27,29,30). The van der Waals surface area contributed by atoms with Gasteiger partial charge in [-0.3, -0.25) is 0 Å². The van der Waals surface area contributed by atoms with Gasteiger partial charge < -0.3 is 25.3 Å². The minimum atomic E-state index is 0.610. The van der Waals surface area contributed by atoms with E-state index in [0.29, 0.717) is 12.5 Å². The molecule has 0 saturated heterocycles. The molecule has 5 rings (SSSR count). The van der Waals surface area contributed by atoms with E-state index in [4.69, 9.17) is 4.74 Å². The van der Waals surface area contributed by atoms with Gasteiger partial charge in [-0.2, -0.15) is 4.98 Å². The zero-order chi connectivity index (χ0) is 21.0. The lowest BCUT2D eigenvalue weighted by molar-refractivity contribution is 0.415. The molecule has 0 fully saturated rings. The van der Waals surface area contributed by atoms with Gasteiger partial charge in [0.05, 0.1) is 7.11 Å². The third kappa shape index (κ3) is 4.16. The molecule has 0 aliphatic heterocycles. The van der Waals surface area contributed by atoms with Crippen molar-refractivity contribution in [3.05, 3.63) is 78.2 Å². The average Bonchev–Trinajstić information content (AvgIpc) is 3.44. The molecule has 0 unspecified atom stereocenters. The number of rotatable bonds is 8. The lowest BCUT2D eigenvalue weighted by Crippen LogP contribution is -2.09. The van der Waals surface area contributed by atoms with Crippen molar-refractivity contribution in [3.8, 4) is 5.75 Å². The molecule has 2 aromatic carbocycles. The summed E-state index contributed by atoms with van der Waals surface area (Å²) in [5.74, 6) is 2.27. The molecule has 0 amide bonds. The Morgan fingerprint density at radius 1 is 0.968 bits per heavy atom. The van der Waals surface area contributed by atoms with Crippen LogP contribution in [0.5, 0.6) is 5.75 Å². The fraction of sp³-hybridized carbons (Fsp3) is 0.167. The predicted octanol–water partition coefficient (Wildman–Crippen LogP) is 4.71. The van der Waals surface area contributed by atoms with Crippen molar-refractivity contribution >= 4 is 33.6 Å². The van der Waals surface area contributed by atoms with Gasteiger partial charge >= 0.3 is 0 Å². The number of fused-ring (bicyclic) bond motifs is 2. The first-order valence-electron chi connectivity index (χ1n) is 10.3. The van der Waals surface area contributed by atoms with Crippen molar-refractivity contribution < 1.29 is 4.74 Å². The summed E-state index contributed by atoms with van der Waals surface area (Å²) >= 11 is 0. The Morgan fingerprint density at radius 3 is 2.87 bits per heavy atom.